The van der Waals surface area contributed by atoms with Crippen LogP contribution >= 0.6 is 0 Å². The van der Waals surface area contributed by atoms with Crippen molar-refractivity contribution < 1.29 is 28.5 Å². The Bertz CT molecular complexity index is 715. The average molecular weight is 316 g/mol. The monoisotopic (exact) mass is 316 g/mol. The van der Waals surface area contributed by atoms with Crippen LogP contribution in [0.5, 0.6) is 5.75 Å². The second-order valence-corrected chi connectivity index (χ2v) is 5.13. The van der Waals surface area contributed by atoms with Gasteiger partial charge in [-0.3, -0.25) is 0 Å². The molecule has 1 aromatic rings. The predicted molar refractivity (Wildman–Crippen MR) is 79.7 cm³/mol. The third kappa shape index (κ3) is 2.14. The summed E-state index contributed by atoms with van der Waals surface area (Å²) in [5.41, 5.74) is -0.105. The van der Waals surface area contributed by atoms with Gasteiger partial charge in [0.2, 0.25) is 0 Å². The van der Waals surface area contributed by atoms with Gasteiger partial charge < -0.3 is 18.9 Å². The number of benzene rings is 1. The first-order valence-electron chi connectivity index (χ1n) is 7.00. The van der Waals surface area contributed by atoms with E-state index in [1.54, 1.807) is 43.5 Å². The highest BCUT2D eigenvalue weighted by Crippen LogP contribution is 2.50. The molecular weight excluding hydrogens is 300 g/mol. The summed E-state index contributed by atoms with van der Waals surface area (Å²) in [5.74, 6) is -0.540. The Balaban J connectivity index is 2.15. The summed E-state index contributed by atoms with van der Waals surface area (Å²) in [6.07, 6.45) is 2.87. The zero-order valence-corrected chi connectivity index (χ0v) is 13.0. The van der Waals surface area contributed by atoms with Crippen molar-refractivity contribution >= 4 is 11.9 Å². The SMILES string of the molecule is COC(=O)C1=C(C(=O)OC)[C@]2(c3ccc(OC)cc3)C=C[C@@H]1O2. The van der Waals surface area contributed by atoms with Crippen molar-refractivity contribution in [1.29, 1.82) is 0 Å². The number of carbonyl (C=O) groups is 2. The number of esters is 2. The Kier molecular flexibility index (Phi) is 3.69. The van der Waals surface area contributed by atoms with Crippen LogP contribution in [0.25, 0.3) is 0 Å². The highest BCUT2D eigenvalue weighted by molar-refractivity contribution is 6.05. The topological polar surface area (TPSA) is 71.1 Å². The van der Waals surface area contributed by atoms with Crippen LogP contribution < -0.4 is 4.74 Å². The Morgan fingerprint density at radius 2 is 1.70 bits per heavy atom. The molecule has 6 nitrogen and oxygen atoms in total. The van der Waals surface area contributed by atoms with E-state index >= 15 is 0 Å². The minimum absolute atomic E-state index is 0.157. The first-order valence-corrected chi connectivity index (χ1v) is 7.00. The first kappa shape index (κ1) is 15.3. The molecule has 0 unspecified atom stereocenters. The van der Waals surface area contributed by atoms with E-state index < -0.39 is 23.6 Å². The van der Waals surface area contributed by atoms with Gasteiger partial charge in [0, 0.05) is 0 Å². The lowest BCUT2D eigenvalue weighted by atomic mass is 9.81. The smallest absolute Gasteiger partial charge is 0.338 e. The fourth-order valence-corrected chi connectivity index (χ4v) is 2.98. The number of carbonyl (C=O) groups excluding carboxylic acids is 2. The van der Waals surface area contributed by atoms with Crippen molar-refractivity contribution in [3.8, 4) is 5.75 Å². The first-order chi connectivity index (χ1) is 11.1. The molecule has 1 aromatic carbocycles. The Morgan fingerprint density at radius 1 is 1.04 bits per heavy atom. The molecule has 0 N–H and O–H groups in total. The molecule has 0 aromatic heterocycles. The van der Waals surface area contributed by atoms with E-state index in [0.29, 0.717) is 11.3 Å². The summed E-state index contributed by atoms with van der Waals surface area (Å²) in [4.78, 5) is 24.4. The molecule has 2 aliphatic rings. The van der Waals surface area contributed by atoms with Crippen LogP contribution in [0.15, 0.2) is 47.6 Å². The third-order valence-corrected chi connectivity index (χ3v) is 4.06. The molecule has 3 rings (SSSR count). The van der Waals surface area contributed by atoms with Gasteiger partial charge in [-0.15, -0.1) is 0 Å². The largest absolute Gasteiger partial charge is 0.497 e. The Morgan fingerprint density at radius 3 is 2.26 bits per heavy atom. The van der Waals surface area contributed by atoms with Crippen LogP contribution in [0.1, 0.15) is 5.56 Å². The molecule has 0 fully saturated rings. The van der Waals surface area contributed by atoms with Gasteiger partial charge in [0.25, 0.3) is 0 Å². The molecule has 120 valence electrons. The van der Waals surface area contributed by atoms with Gasteiger partial charge in [0.15, 0.2) is 0 Å². The van der Waals surface area contributed by atoms with Gasteiger partial charge in [-0.05, 0) is 23.8 Å². The summed E-state index contributed by atoms with van der Waals surface area (Å²) in [6, 6.07) is 7.10. The number of fused-ring (bicyclic) bond motifs is 2. The maximum atomic E-state index is 12.3. The highest BCUT2D eigenvalue weighted by atomic mass is 16.6. The Labute approximate surface area is 133 Å². The van der Waals surface area contributed by atoms with Gasteiger partial charge in [0.05, 0.1) is 32.5 Å². The van der Waals surface area contributed by atoms with Crippen molar-refractivity contribution in [2.75, 3.05) is 21.3 Å². The van der Waals surface area contributed by atoms with Crippen molar-refractivity contribution in [2.45, 2.75) is 11.7 Å². The average Bonchev–Trinajstić information content (AvgIpc) is 3.18. The molecule has 0 saturated heterocycles. The van der Waals surface area contributed by atoms with E-state index in [0.717, 1.165) is 0 Å². The normalized spacial score (nSPS) is 24.7. The van der Waals surface area contributed by atoms with Crippen LogP contribution in [0.4, 0.5) is 0 Å². The van der Waals surface area contributed by atoms with Crippen LogP contribution in [-0.4, -0.2) is 39.4 Å². The molecule has 2 bridgehead atoms. The number of hydrogen-bond acceptors (Lipinski definition) is 6. The number of methoxy groups -OCH3 is 3. The van der Waals surface area contributed by atoms with Crippen LogP contribution in [-0.2, 0) is 29.4 Å². The molecule has 0 saturated carbocycles. The Hall–Kier alpha value is -2.60. The summed E-state index contributed by atoms with van der Waals surface area (Å²) in [6.45, 7) is 0. The minimum atomic E-state index is -1.15. The van der Waals surface area contributed by atoms with Gasteiger partial charge in [-0.2, -0.15) is 0 Å². The van der Waals surface area contributed by atoms with Crippen molar-refractivity contribution in [2.24, 2.45) is 0 Å². The number of rotatable bonds is 4. The molecule has 0 amide bonds. The lowest BCUT2D eigenvalue weighted by molar-refractivity contribution is -0.139. The van der Waals surface area contributed by atoms with Crippen molar-refractivity contribution in [3.63, 3.8) is 0 Å². The summed E-state index contributed by atoms with van der Waals surface area (Å²) < 4.78 is 20.8. The summed E-state index contributed by atoms with van der Waals surface area (Å²) in [7, 11) is 4.10. The van der Waals surface area contributed by atoms with Crippen LogP contribution in [0, 0.1) is 0 Å². The molecule has 0 spiro atoms. The molecule has 2 aliphatic heterocycles. The fraction of sp³-hybridized carbons (Fsp3) is 0.294. The van der Waals surface area contributed by atoms with E-state index in [-0.39, 0.29) is 11.1 Å². The zero-order chi connectivity index (χ0) is 16.6. The van der Waals surface area contributed by atoms with Gasteiger partial charge >= 0.3 is 11.9 Å². The maximum absolute atomic E-state index is 12.3. The second kappa shape index (κ2) is 5.55. The van der Waals surface area contributed by atoms with Gasteiger partial charge in [0.1, 0.15) is 17.5 Å². The third-order valence-electron chi connectivity index (χ3n) is 4.06. The highest BCUT2D eigenvalue weighted by Gasteiger charge is 2.55. The van der Waals surface area contributed by atoms with E-state index in [1.807, 2.05) is 0 Å². The molecule has 2 atom stereocenters. The molecule has 6 heteroatoms. The standard InChI is InChI=1S/C17H16O6/c1-20-11-6-4-10(5-7-11)17-9-8-12(23-17)13(15(18)21-2)14(17)16(19)22-3/h4-9,12H,1-3H3/t12-,17+/m0/s1. The van der Waals surface area contributed by atoms with Crippen molar-refractivity contribution in [1.82, 2.24) is 0 Å². The molecule has 0 radical (unpaired) electrons. The van der Waals surface area contributed by atoms with Gasteiger partial charge in [-0.1, -0.05) is 18.2 Å². The predicted octanol–water partition coefficient (Wildman–Crippen LogP) is 1.50. The van der Waals surface area contributed by atoms with Crippen LogP contribution in [0.2, 0.25) is 0 Å². The van der Waals surface area contributed by atoms with Gasteiger partial charge in [-0.25, -0.2) is 9.59 Å². The lowest BCUT2D eigenvalue weighted by Crippen LogP contribution is -2.30. The molecular formula is C17H16O6. The van der Waals surface area contributed by atoms with E-state index in [2.05, 4.69) is 0 Å². The maximum Gasteiger partial charge on any atom is 0.338 e. The van der Waals surface area contributed by atoms with E-state index in [4.69, 9.17) is 18.9 Å². The molecule has 0 aliphatic carbocycles. The molecule has 2 heterocycles. The quantitative estimate of drug-likeness (QED) is 0.619. The fourth-order valence-electron chi connectivity index (χ4n) is 2.98. The zero-order valence-electron chi connectivity index (χ0n) is 13.0. The lowest BCUT2D eigenvalue weighted by Gasteiger charge is -2.26. The van der Waals surface area contributed by atoms with Crippen LogP contribution in [0.3, 0.4) is 0 Å². The summed E-state index contributed by atoms with van der Waals surface area (Å²) in [5, 5.41) is 0. The second-order valence-electron chi connectivity index (χ2n) is 5.13. The number of ether oxygens (including phenoxy) is 4. The summed E-state index contributed by atoms with van der Waals surface area (Å²) >= 11 is 0. The number of hydrogen-bond donors (Lipinski definition) is 0. The minimum Gasteiger partial charge on any atom is -0.497 e. The van der Waals surface area contributed by atoms with E-state index in [1.165, 1.54) is 14.2 Å². The van der Waals surface area contributed by atoms with Crippen molar-refractivity contribution in [3.05, 3.63) is 53.1 Å². The van der Waals surface area contributed by atoms with E-state index in [9.17, 15) is 9.59 Å². The molecule has 23 heavy (non-hydrogen) atoms.